The van der Waals surface area contributed by atoms with Gasteiger partial charge < -0.3 is 16.0 Å². The number of hydrogen-bond acceptors (Lipinski definition) is 2. The minimum absolute atomic E-state index is 0.197. The van der Waals surface area contributed by atoms with Crippen LogP contribution < -0.4 is 16.0 Å². The van der Waals surface area contributed by atoms with Crippen LogP contribution in [0.2, 0.25) is 0 Å². The highest BCUT2D eigenvalue weighted by Crippen LogP contribution is 2.29. The van der Waals surface area contributed by atoms with Crippen molar-refractivity contribution in [2.45, 2.75) is 37.2 Å². The lowest BCUT2D eigenvalue weighted by Gasteiger charge is -2.28. The number of benzene rings is 1. The van der Waals surface area contributed by atoms with Gasteiger partial charge >= 0.3 is 0 Å². The second-order valence-corrected chi connectivity index (χ2v) is 8.33. The molecule has 0 fully saturated rings. The summed E-state index contributed by atoms with van der Waals surface area (Å²) in [6.07, 6.45) is -0.612. The Labute approximate surface area is 157 Å². The van der Waals surface area contributed by atoms with E-state index in [1.54, 1.807) is 0 Å². The van der Waals surface area contributed by atoms with Crippen molar-refractivity contribution >= 4 is 63.7 Å². The van der Waals surface area contributed by atoms with Crippen LogP contribution in [0.15, 0.2) is 24.3 Å². The maximum absolute atomic E-state index is 11.9. The second kappa shape index (κ2) is 8.92. The van der Waals surface area contributed by atoms with Crippen molar-refractivity contribution in [3.05, 3.63) is 29.8 Å². The highest BCUT2D eigenvalue weighted by molar-refractivity contribution is 7.80. The largest absolute Gasteiger partial charge is 0.339 e. The number of anilines is 1. The molecule has 0 radical (unpaired) electrons. The Kier molecular flexibility index (Phi) is 7.87. The Hall–Kier alpha value is -0.750. The standard InChI is InChI=1S/C15H20Cl3N3OS/c1-9(2)8-12(22)20-13(15(16,17)18)21-14(23)19-11-7-5-4-6-10(11)3/h4-7,9,13H,8H2,1-3H3,(H,20,22)(H2,19,21,23)/t13-/m0/s1. The topological polar surface area (TPSA) is 53.2 Å². The van der Waals surface area contributed by atoms with Gasteiger partial charge in [-0.3, -0.25) is 4.79 Å². The molecule has 0 aliphatic carbocycles. The fourth-order valence-electron chi connectivity index (χ4n) is 1.79. The summed E-state index contributed by atoms with van der Waals surface area (Å²) in [5.41, 5.74) is 1.85. The fraction of sp³-hybridized carbons (Fsp3) is 0.467. The molecule has 3 N–H and O–H groups in total. The van der Waals surface area contributed by atoms with Crippen molar-refractivity contribution in [1.82, 2.24) is 10.6 Å². The summed E-state index contributed by atoms with van der Waals surface area (Å²) in [4.78, 5) is 11.9. The van der Waals surface area contributed by atoms with Gasteiger partial charge in [-0.1, -0.05) is 66.8 Å². The van der Waals surface area contributed by atoms with E-state index in [1.165, 1.54) is 0 Å². The molecule has 4 nitrogen and oxygen atoms in total. The van der Waals surface area contributed by atoms with Gasteiger partial charge in [0.1, 0.15) is 6.17 Å². The first-order chi connectivity index (χ1) is 10.6. The van der Waals surface area contributed by atoms with Gasteiger partial charge in [0.05, 0.1) is 0 Å². The molecule has 128 valence electrons. The van der Waals surface area contributed by atoms with Gasteiger partial charge in [0, 0.05) is 12.1 Å². The van der Waals surface area contributed by atoms with E-state index in [2.05, 4.69) is 16.0 Å². The number of para-hydroxylation sites is 1. The van der Waals surface area contributed by atoms with Crippen molar-refractivity contribution in [2.75, 3.05) is 5.32 Å². The third kappa shape index (κ3) is 7.57. The SMILES string of the molecule is Cc1ccccc1NC(=S)N[C@H](NC(=O)CC(C)C)C(Cl)(Cl)Cl. The Morgan fingerprint density at radius 1 is 1.22 bits per heavy atom. The number of rotatable bonds is 5. The van der Waals surface area contributed by atoms with E-state index < -0.39 is 9.96 Å². The number of carbonyl (C=O) groups excluding carboxylic acids is 1. The molecule has 0 spiro atoms. The van der Waals surface area contributed by atoms with Gasteiger partial charge in [-0.05, 0) is 36.7 Å². The molecule has 1 atom stereocenters. The summed E-state index contributed by atoms with van der Waals surface area (Å²) in [5.74, 6) is -0.0226. The minimum Gasteiger partial charge on any atom is -0.339 e. The average molecular weight is 397 g/mol. The first-order valence-electron chi connectivity index (χ1n) is 7.09. The Bertz CT molecular complexity index is 561. The van der Waals surface area contributed by atoms with E-state index in [9.17, 15) is 4.79 Å². The van der Waals surface area contributed by atoms with E-state index in [4.69, 9.17) is 47.0 Å². The van der Waals surface area contributed by atoms with Gasteiger partial charge in [-0.15, -0.1) is 0 Å². The number of thiocarbonyl (C=S) groups is 1. The van der Waals surface area contributed by atoms with Crippen LogP contribution in [-0.2, 0) is 4.79 Å². The summed E-state index contributed by atoms with van der Waals surface area (Å²) < 4.78 is -1.75. The number of carbonyl (C=O) groups is 1. The molecule has 1 amide bonds. The first kappa shape index (κ1) is 20.3. The van der Waals surface area contributed by atoms with Crippen LogP contribution in [0, 0.1) is 12.8 Å². The number of alkyl halides is 3. The lowest BCUT2D eigenvalue weighted by atomic mass is 10.1. The highest BCUT2D eigenvalue weighted by atomic mass is 35.6. The van der Waals surface area contributed by atoms with Crippen LogP contribution in [0.4, 0.5) is 5.69 Å². The third-order valence-electron chi connectivity index (χ3n) is 2.89. The van der Waals surface area contributed by atoms with Gasteiger partial charge in [-0.2, -0.15) is 0 Å². The maximum Gasteiger partial charge on any atom is 0.228 e. The molecular formula is C15H20Cl3N3OS. The molecule has 1 rings (SSSR count). The van der Waals surface area contributed by atoms with Crippen LogP contribution in [-0.4, -0.2) is 21.0 Å². The monoisotopic (exact) mass is 395 g/mol. The number of amides is 1. The van der Waals surface area contributed by atoms with E-state index in [0.717, 1.165) is 11.3 Å². The average Bonchev–Trinajstić information content (AvgIpc) is 2.38. The Balaban J connectivity index is 2.72. The Morgan fingerprint density at radius 3 is 2.35 bits per heavy atom. The summed E-state index contributed by atoms with van der Waals surface area (Å²) in [7, 11) is 0. The summed E-state index contributed by atoms with van der Waals surface area (Å²) in [6.45, 7) is 5.81. The van der Waals surface area contributed by atoms with Gasteiger partial charge in [-0.25, -0.2) is 0 Å². The zero-order valence-corrected chi connectivity index (χ0v) is 16.2. The molecule has 0 unspecified atom stereocenters. The molecule has 0 heterocycles. The zero-order chi connectivity index (χ0) is 17.6. The van der Waals surface area contributed by atoms with Crippen molar-refractivity contribution < 1.29 is 4.79 Å². The van der Waals surface area contributed by atoms with Crippen LogP contribution in [0.5, 0.6) is 0 Å². The predicted molar refractivity (Wildman–Crippen MR) is 102 cm³/mol. The molecule has 0 aliphatic rings. The highest BCUT2D eigenvalue weighted by Gasteiger charge is 2.34. The molecule has 1 aromatic rings. The van der Waals surface area contributed by atoms with Crippen LogP contribution in [0.1, 0.15) is 25.8 Å². The number of aryl methyl sites for hydroxylation is 1. The number of halogens is 3. The lowest BCUT2D eigenvalue weighted by Crippen LogP contribution is -2.56. The van der Waals surface area contributed by atoms with Gasteiger partial charge in [0.2, 0.25) is 9.70 Å². The van der Waals surface area contributed by atoms with Crippen LogP contribution >= 0.6 is 47.0 Å². The van der Waals surface area contributed by atoms with E-state index >= 15 is 0 Å². The summed E-state index contributed by atoms with van der Waals surface area (Å²) >= 11 is 23.0. The molecule has 0 saturated carbocycles. The fourth-order valence-corrected chi connectivity index (χ4v) is 2.35. The van der Waals surface area contributed by atoms with Crippen LogP contribution in [0.25, 0.3) is 0 Å². The minimum atomic E-state index is -1.75. The third-order valence-corrected chi connectivity index (χ3v) is 3.77. The summed E-state index contributed by atoms with van der Waals surface area (Å²) in [5, 5.41) is 8.75. The van der Waals surface area contributed by atoms with Gasteiger partial charge in [0.25, 0.3) is 0 Å². The van der Waals surface area contributed by atoms with Crippen molar-refractivity contribution in [3.63, 3.8) is 0 Å². The maximum atomic E-state index is 11.9. The number of nitrogens with one attached hydrogen (secondary N) is 3. The number of hydrogen-bond donors (Lipinski definition) is 3. The second-order valence-electron chi connectivity index (χ2n) is 5.55. The van der Waals surface area contributed by atoms with Gasteiger partial charge in [0.15, 0.2) is 5.11 Å². The van der Waals surface area contributed by atoms with Crippen molar-refractivity contribution in [2.24, 2.45) is 5.92 Å². The van der Waals surface area contributed by atoms with Crippen LogP contribution in [0.3, 0.4) is 0 Å². The lowest BCUT2D eigenvalue weighted by molar-refractivity contribution is -0.122. The van der Waals surface area contributed by atoms with E-state index in [0.29, 0.717) is 6.42 Å². The molecule has 1 aromatic carbocycles. The zero-order valence-electron chi connectivity index (χ0n) is 13.1. The van der Waals surface area contributed by atoms with E-state index in [-0.39, 0.29) is 16.9 Å². The quantitative estimate of drug-likeness (QED) is 0.398. The molecule has 0 saturated heterocycles. The Morgan fingerprint density at radius 2 is 1.83 bits per heavy atom. The predicted octanol–water partition coefficient (Wildman–Crippen LogP) is 4.14. The molecule has 8 heteroatoms. The van der Waals surface area contributed by atoms with Crippen molar-refractivity contribution in [1.29, 1.82) is 0 Å². The molecule has 0 aromatic heterocycles. The van der Waals surface area contributed by atoms with Crippen molar-refractivity contribution in [3.8, 4) is 0 Å². The molecule has 0 bridgehead atoms. The summed E-state index contributed by atoms with van der Waals surface area (Å²) in [6, 6.07) is 7.63. The smallest absolute Gasteiger partial charge is 0.228 e. The normalized spacial score (nSPS) is 12.7. The molecule has 0 aliphatic heterocycles. The van der Waals surface area contributed by atoms with E-state index in [1.807, 2.05) is 45.0 Å². The first-order valence-corrected chi connectivity index (χ1v) is 8.63. The molecular weight excluding hydrogens is 377 g/mol. The molecule has 23 heavy (non-hydrogen) atoms.